The number of nitrogen functional groups attached to an aromatic ring is 1. The zero-order valence-corrected chi connectivity index (χ0v) is 10.9. The second-order valence-corrected chi connectivity index (χ2v) is 5.01. The molecule has 0 spiro atoms. The standard InChI is InChI=1S/C13H13ClN4O/c14-12-6-9(3-4-16-12)17-13(19)11-5-8(15)7-18(11)10-1-2-10/h3-7,10H,1-2,15H2,(H,16,17,19). The van der Waals surface area contributed by atoms with E-state index in [2.05, 4.69) is 10.3 Å². The number of anilines is 2. The summed E-state index contributed by atoms with van der Waals surface area (Å²) in [5, 5.41) is 3.14. The highest BCUT2D eigenvalue weighted by Gasteiger charge is 2.27. The molecule has 2 aromatic rings. The molecular formula is C13H13ClN4O. The van der Waals surface area contributed by atoms with Crippen LogP contribution in [0.25, 0.3) is 0 Å². The van der Waals surface area contributed by atoms with E-state index in [0.717, 1.165) is 12.8 Å². The van der Waals surface area contributed by atoms with Crippen LogP contribution in [0.15, 0.2) is 30.6 Å². The predicted octanol–water partition coefficient (Wildman–Crippen LogP) is 2.71. The van der Waals surface area contributed by atoms with Crippen molar-refractivity contribution < 1.29 is 4.79 Å². The van der Waals surface area contributed by atoms with Crippen LogP contribution in [0.1, 0.15) is 29.4 Å². The highest BCUT2D eigenvalue weighted by Crippen LogP contribution is 2.37. The zero-order valence-electron chi connectivity index (χ0n) is 10.1. The Kier molecular flexibility index (Phi) is 2.91. The van der Waals surface area contributed by atoms with Gasteiger partial charge in [0, 0.05) is 24.1 Å². The first-order valence-corrected chi connectivity index (χ1v) is 6.41. The number of pyridine rings is 1. The summed E-state index contributed by atoms with van der Waals surface area (Å²) in [6.45, 7) is 0. The fourth-order valence-electron chi connectivity index (χ4n) is 2.01. The van der Waals surface area contributed by atoms with Crippen LogP contribution in [-0.2, 0) is 0 Å². The molecule has 5 nitrogen and oxygen atoms in total. The molecule has 0 aliphatic heterocycles. The number of halogens is 1. The maximum atomic E-state index is 12.2. The van der Waals surface area contributed by atoms with Gasteiger partial charge in [0.1, 0.15) is 10.8 Å². The smallest absolute Gasteiger partial charge is 0.272 e. The highest BCUT2D eigenvalue weighted by atomic mass is 35.5. The molecule has 2 heterocycles. The van der Waals surface area contributed by atoms with Gasteiger partial charge >= 0.3 is 0 Å². The van der Waals surface area contributed by atoms with Crippen molar-refractivity contribution in [2.24, 2.45) is 0 Å². The third-order valence-electron chi connectivity index (χ3n) is 3.03. The Bertz CT molecular complexity index is 633. The summed E-state index contributed by atoms with van der Waals surface area (Å²) in [4.78, 5) is 16.1. The number of nitrogens with one attached hydrogen (secondary N) is 1. The van der Waals surface area contributed by atoms with Crippen molar-refractivity contribution in [2.75, 3.05) is 11.1 Å². The maximum absolute atomic E-state index is 12.2. The van der Waals surface area contributed by atoms with Gasteiger partial charge in [0.05, 0.1) is 5.69 Å². The predicted molar refractivity (Wildman–Crippen MR) is 74.3 cm³/mol. The summed E-state index contributed by atoms with van der Waals surface area (Å²) < 4.78 is 1.94. The van der Waals surface area contributed by atoms with Crippen LogP contribution < -0.4 is 11.1 Å². The summed E-state index contributed by atoms with van der Waals surface area (Å²) in [7, 11) is 0. The van der Waals surface area contributed by atoms with E-state index in [9.17, 15) is 4.79 Å². The summed E-state index contributed by atoms with van der Waals surface area (Å²) in [6, 6.07) is 5.39. The van der Waals surface area contributed by atoms with Crippen molar-refractivity contribution in [1.82, 2.24) is 9.55 Å². The van der Waals surface area contributed by atoms with E-state index in [0.29, 0.717) is 28.3 Å². The van der Waals surface area contributed by atoms with Crippen molar-refractivity contribution >= 4 is 28.9 Å². The lowest BCUT2D eigenvalue weighted by atomic mass is 10.3. The van der Waals surface area contributed by atoms with E-state index in [-0.39, 0.29) is 5.91 Å². The van der Waals surface area contributed by atoms with E-state index in [1.807, 2.05) is 10.8 Å². The van der Waals surface area contributed by atoms with Gasteiger partial charge in [-0.2, -0.15) is 0 Å². The highest BCUT2D eigenvalue weighted by molar-refractivity contribution is 6.29. The lowest BCUT2D eigenvalue weighted by molar-refractivity contribution is 0.101. The van der Waals surface area contributed by atoms with Crippen LogP contribution in [0.5, 0.6) is 0 Å². The summed E-state index contributed by atoms with van der Waals surface area (Å²) in [5.74, 6) is -0.189. The second kappa shape index (κ2) is 4.59. The van der Waals surface area contributed by atoms with Crippen molar-refractivity contribution in [3.8, 4) is 0 Å². The normalized spacial score (nSPS) is 14.4. The molecule has 0 bridgehead atoms. The van der Waals surface area contributed by atoms with E-state index in [4.69, 9.17) is 17.3 Å². The summed E-state index contributed by atoms with van der Waals surface area (Å²) in [5.41, 5.74) is 7.56. The van der Waals surface area contributed by atoms with Gasteiger partial charge in [-0.1, -0.05) is 11.6 Å². The van der Waals surface area contributed by atoms with Crippen LogP contribution in [0.4, 0.5) is 11.4 Å². The van der Waals surface area contributed by atoms with Crippen LogP contribution in [0.3, 0.4) is 0 Å². The quantitative estimate of drug-likeness (QED) is 0.847. The molecular weight excluding hydrogens is 264 g/mol. The number of rotatable bonds is 3. The van der Waals surface area contributed by atoms with E-state index in [1.54, 1.807) is 24.4 Å². The lowest BCUT2D eigenvalue weighted by Crippen LogP contribution is -2.16. The third-order valence-corrected chi connectivity index (χ3v) is 3.23. The molecule has 2 aromatic heterocycles. The minimum absolute atomic E-state index is 0.189. The van der Waals surface area contributed by atoms with E-state index in [1.165, 1.54) is 0 Å². The first kappa shape index (κ1) is 12.0. The molecule has 3 rings (SSSR count). The van der Waals surface area contributed by atoms with Crippen molar-refractivity contribution in [3.63, 3.8) is 0 Å². The van der Waals surface area contributed by atoms with Crippen molar-refractivity contribution in [2.45, 2.75) is 18.9 Å². The van der Waals surface area contributed by atoms with Gasteiger partial charge in [0.15, 0.2) is 0 Å². The van der Waals surface area contributed by atoms with Gasteiger partial charge < -0.3 is 15.6 Å². The van der Waals surface area contributed by atoms with E-state index >= 15 is 0 Å². The van der Waals surface area contributed by atoms with Gasteiger partial charge in [0.2, 0.25) is 0 Å². The minimum atomic E-state index is -0.189. The molecule has 0 aromatic carbocycles. The number of hydrogen-bond donors (Lipinski definition) is 2. The topological polar surface area (TPSA) is 72.9 Å². The third kappa shape index (κ3) is 2.56. The summed E-state index contributed by atoms with van der Waals surface area (Å²) >= 11 is 5.78. The largest absolute Gasteiger partial charge is 0.397 e. The van der Waals surface area contributed by atoms with Gasteiger partial charge in [-0.3, -0.25) is 4.79 Å². The number of nitrogens with zero attached hydrogens (tertiary/aromatic N) is 2. The van der Waals surface area contributed by atoms with Gasteiger partial charge in [-0.15, -0.1) is 0 Å². The first-order chi connectivity index (χ1) is 9.13. The Balaban J connectivity index is 1.84. The van der Waals surface area contributed by atoms with Crippen LogP contribution in [0.2, 0.25) is 5.15 Å². The molecule has 1 fully saturated rings. The molecule has 1 aliphatic rings. The minimum Gasteiger partial charge on any atom is -0.397 e. The number of hydrogen-bond acceptors (Lipinski definition) is 3. The number of carbonyl (C=O) groups excluding carboxylic acids is 1. The second-order valence-electron chi connectivity index (χ2n) is 4.62. The van der Waals surface area contributed by atoms with Crippen LogP contribution in [0, 0.1) is 0 Å². The monoisotopic (exact) mass is 276 g/mol. The molecule has 98 valence electrons. The molecule has 0 unspecified atom stereocenters. The van der Waals surface area contributed by atoms with E-state index < -0.39 is 0 Å². The molecule has 19 heavy (non-hydrogen) atoms. The Morgan fingerprint density at radius 3 is 2.95 bits per heavy atom. The first-order valence-electron chi connectivity index (χ1n) is 6.04. The molecule has 0 radical (unpaired) electrons. The molecule has 1 amide bonds. The fraction of sp³-hybridized carbons (Fsp3) is 0.231. The molecule has 3 N–H and O–H groups in total. The molecule has 0 saturated heterocycles. The van der Waals surface area contributed by atoms with Crippen LogP contribution in [-0.4, -0.2) is 15.5 Å². The maximum Gasteiger partial charge on any atom is 0.272 e. The number of amides is 1. The van der Waals surface area contributed by atoms with Crippen LogP contribution >= 0.6 is 11.6 Å². The lowest BCUT2D eigenvalue weighted by Gasteiger charge is -2.08. The molecule has 0 atom stereocenters. The Labute approximate surface area is 115 Å². The fourth-order valence-corrected chi connectivity index (χ4v) is 2.19. The average Bonchev–Trinajstić information content (AvgIpc) is 3.12. The summed E-state index contributed by atoms with van der Waals surface area (Å²) in [6.07, 6.45) is 5.54. The molecule has 1 aliphatic carbocycles. The Morgan fingerprint density at radius 2 is 2.26 bits per heavy atom. The van der Waals surface area contributed by atoms with Crippen molar-refractivity contribution in [1.29, 1.82) is 0 Å². The SMILES string of the molecule is Nc1cc(C(=O)Nc2ccnc(Cl)c2)n(C2CC2)c1. The van der Waals surface area contributed by atoms with Gasteiger partial charge in [-0.05, 0) is 31.0 Å². The Hall–Kier alpha value is -2.01. The average molecular weight is 277 g/mol. The molecule has 6 heteroatoms. The Morgan fingerprint density at radius 1 is 1.47 bits per heavy atom. The van der Waals surface area contributed by atoms with Crippen molar-refractivity contribution in [3.05, 3.63) is 41.4 Å². The molecule has 1 saturated carbocycles. The zero-order chi connectivity index (χ0) is 13.4. The van der Waals surface area contributed by atoms with Gasteiger partial charge in [0.25, 0.3) is 5.91 Å². The number of carbonyl (C=O) groups is 1. The van der Waals surface area contributed by atoms with Gasteiger partial charge in [-0.25, -0.2) is 4.98 Å². The number of nitrogens with two attached hydrogens (primary N) is 1. The number of aromatic nitrogens is 2.